The fraction of sp³-hybridized carbons (Fsp3) is 0.353. The van der Waals surface area contributed by atoms with Crippen molar-refractivity contribution in [2.75, 3.05) is 18.0 Å². The molecule has 0 aliphatic carbocycles. The van der Waals surface area contributed by atoms with E-state index < -0.39 is 0 Å². The molecular formula is C17H20ClN5O. The number of aromatic nitrogens is 2. The van der Waals surface area contributed by atoms with Crippen LogP contribution in [0, 0.1) is 12.8 Å². The zero-order valence-corrected chi connectivity index (χ0v) is 14.3. The molecule has 1 aromatic heterocycles. The van der Waals surface area contributed by atoms with Gasteiger partial charge in [-0.05, 0) is 44.0 Å². The fourth-order valence-electron chi connectivity index (χ4n) is 2.96. The van der Waals surface area contributed by atoms with E-state index in [0.29, 0.717) is 17.4 Å². The van der Waals surface area contributed by atoms with Crippen LogP contribution in [0.25, 0.3) is 11.4 Å². The smallest absolute Gasteiger partial charge is 0.238 e. The zero-order chi connectivity index (χ0) is 17.1. The summed E-state index contributed by atoms with van der Waals surface area (Å²) in [5.74, 6) is 6.53. The van der Waals surface area contributed by atoms with Crippen LogP contribution >= 0.6 is 11.6 Å². The Morgan fingerprint density at radius 2 is 2.08 bits per heavy atom. The molecule has 0 spiro atoms. The van der Waals surface area contributed by atoms with Gasteiger partial charge in [0, 0.05) is 35.4 Å². The van der Waals surface area contributed by atoms with Crippen LogP contribution in [-0.2, 0) is 4.79 Å². The lowest BCUT2D eigenvalue weighted by molar-refractivity contribution is -0.125. The monoisotopic (exact) mass is 345 g/mol. The molecule has 7 heteroatoms. The molecule has 1 aromatic carbocycles. The minimum Gasteiger partial charge on any atom is -0.356 e. The predicted octanol–water partition coefficient (Wildman–Crippen LogP) is 2.31. The number of hydrogen-bond acceptors (Lipinski definition) is 5. The average molecular weight is 346 g/mol. The van der Waals surface area contributed by atoms with Gasteiger partial charge in [0.25, 0.3) is 0 Å². The molecule has 24 heavy (non-hydrogen) atoms. The summed E-state index contributed by atoms with van der Waals surface area (Å²) in [6.45, 7) is 3.42. The van der Waals surface area contributed by atoms with Gasteiger partial charge in [0.2, 0.25) is 5.91 Å². The molecule has 3 N–H and O–H groups in total. The third-order valence-electron chi connectivity index (χ3n) is 4.20. The second-order valence-electron chi connectivity index (χ2n) is 5.99. The standard InChI is InChI=1S/C17H20ClN5O/c1-11-9-15(23-8-2-3-13(10-23)17(24)22-19)21-16(20-11)12-4-6-14(18)7-5-12/h4-7,9,13H,2-3,8,10,19H2,1H3,(H,22,24)/t13-/m0/s1. The number of carbonyl (C=O) groups excluding carboxylic acids is 1. The van der Waals surface area contributed by atoms with Gasteiger partial charge < -0.3 is 4.90 Å². The summed E-state index contributed by atoms with van der Waals surface area (Å²) < 4.78 is 0. The Hall–Kier alpha value is -2.18. The lowest BCUT2D eigenvalue weighted by Gasteiger charge is -2.32. The van der Waals surface area contributed by atoms with E-state index in [9.17, 15) is 4.79 Å². The van der Waals surface area contributed by atoms with Gasteiger partial charge in [-0.15, -0.1) is 0 Å². The summed E-state index contributed by atoms with van der Waals surface area (Å²) in [5.41, 5.74) is 4.05. The SMILES string of the molecule is Cc1cc(N2CCC[C@H](C(=O)NN)C2)nc(-c2ccc(Cl)cc2)n1. The number of nitrogens with zero attached hydrogens (tertiary/aromatic N) is 3. The number of benzene rings is 1. The van der Waals surface area contributed by atoms with Crippen molar-refractivity contribution in [3.8, 4) is 11.4 Å². The lowest BCUT2D eigenvalue weighted by Crippen LogP contribution is -2.45. The van der Waals surface area contributed by atoms with E-state index in [4.69, 9.17) is 17.4 Å². The minimum atomic E-state index is -0.122. The molecule has 0 unspecified atom stereocenters. The first-order valence-electron chi connectivity index (χ1n) is 7.94. The van der Waals surface area contributed by atoms with E-state index >= 15 is 0 Å². The van der Waals surface area contributed by atoms with Crippen molar-refractivity contribution in [1.82, 2.24) is 15.4 Å². The van der Waals surface area contributed by atoms with Gasteiger partial charge in [-0.25, -0.2) is 15.8 Å². The highest BCUT2D eigenvalue weighted by molar-refractivity contribution is 6.30. The second-order valence-corrected chi connectivity index (χ2v) is 6.43. The van der Waals surface area contributed by atoms with Crippen LogP contribution in [0.4, 0.5) is 5.82 Å². The maximum atomic E-state index is 11.8. The third kappa shape index (κ3) is 3.66. The molecule has 1 aliphatic heterocycles. The number of hydrogen-bond donors (Lipinski definition) is 2. The number of hydrazine groups is 1. The molecule has 1 atom stereocenters. The van der Waals surface area contributed by atoms with Gasteiger partial charge >= 0.3 is 0 Å². The van der Waals surface area contributed by atoms with Crippen LogP contribution < -0.4 is 16.2 Å². The van der Waals surface area contributed by atoms with Gasteiger partial charge in [0.05, 0.1) is 5.92 Å². The molecule has 1 aliphatic rings. The van der Waals surface area contributed by atoms with Gasteiger partial charge in [-0.2, -0.15) is 0 Å². The van der Waals surface area contributed by atoms with E-state index in [0.717, 1.165) is 36.5 Å². The molecule has 2 aromatic rings. The Morgan fingerprint density at radius 3 is 2.79 bits per heavy atom. The van der Waals surface area contributed by atoms with Crippen LogP contribution in [-0.4, -0.2) is 29.0 Å². The summed E-state index contributed by atoms with van der Waals surface area (Å²) in [5, 5.41) is 0.679. The molecule has 0 bridgehead atoms. The van der Waals surface area contributed by atoms with Crippen molar-refractivity contribution in [3.05, 3.63) is 41.0 Å². The lowest BCUT2D eigenvalue weighted by atomic mass is 9.97. The van der Waals surface area contributed by atoms with E-state index in [1.807, 2.05) is 37.3 Å². The topological polar surface area (TPSA) is 84.1 Å². The van der Waals surface area contributed by atoms with Crippen molar-refractivity contribution in [1.29, 1.82) is 0 Å². The molecule has 6 nitrogen and oxygen atoms in total. The number of rotatable bonds is 3. The Bertz CT molecular complexity index is 734. The van der Waals surface area contributed by atoms with E-state index in [2.05, 4.69) is 20.3 Å². The van der Waals surface area contributed by atoms with Crippen molar-refractivity contribution >= 4 is 23.3 Å². The zero-order valence-electron chi connectivity index (χ0n) is 13.5. The number of nitrogens with one attached hydrogen (secondary N) is 1. The summed E-state index contributed by atoms with van der Waals surface area (Å²) in [7, 11) is 0. The minimum absolute atomic E-state index is 0.113. The molecule has 0 radical (unpaired) electrons. The number of piperidine rings is 1. The highest BCUT2D eigenvalue weighted by atomic mass is 35.5. The average Bonchev–Trinajstić information content (AvgIpc) is 2.61. The van der Waals surface area contributed by atoms with Crippen molar-refractivity contribution in [3.63, 3.8) is 0 Å². The predicted molar refractivity (Wildman–Crippen MR) is 94.5 cm³/mol. The van der Waals surface area contributed by atoms with Crippen molar-refractivity contribution in [2.45, 2.75) is 19.8 Å². The first kappa shape index (κ1) is 16.7. The Balaban J connectivity index is 1.88. The number of nitrogens with two attached hydrogens (primary N) is 1. The van der Waals surface area contributed by atoms with E-state index in [-0.39, 0.29) is 11.8 Å². The molecule has 2 heterocycles. The van der Waals surface area contributed by atoms with Crippen LogP contribution in [0.2, 0.25) is 5.02 Å². The van der Waals surface area contributed by atoms with Crippen LogP contribution in [0.5, 0.6) is 0 Å². The van der Waals surface area contributed by atoms with Gasteiger partial charge in [-0.3, -0.25) is 10.2 Å². The largest absolute Gasteiger partial charge is 0.356 e. The number of anilines is 1. The third-order valence-corrected chi connectivity index (χ3v) is 4.45. The quantitative estimate of drug-likeness (QED) is 0.506. The molecule has 1 fully saturated rings. The van der Waals surface area contributed by atoms with Crippen molar-refractivity contribution in [2.24, 2.45) is 11.8 Å². The van der Waals surface area contributed by atoms with Gasteiger partial charge in [-0.1, -0.05) is 11.6 Å². The van der Waals surface area contributed by atoms with Crippen molar-refractivity contribution < 1.29 is 4.79 Å². The molecule has 1 amide bonds. The first-order valence-corrected chi connectivity index (χ1v) is 8.31. The molecule has 126 valence electrons. The first-order chi connectivity index (χ1) is 11.6. The van der Waals surface area contributed by atoms with E-state index in [1.54, 1.807) is 0 Å². The Kier molecular flexibility index (Phi) is 4.97. The van der Waals surface area contributed by atoms with Crippen LogP contribution in [0.3, 0.4) is 0 Å². The molecule has 0 saturated carbocycles. The summed E-state index contributed by atoms with van der Waals surface area (Å²) >= 11 is 5.95. The Labute approximate surface area is 146 Å². The van der Waals surface area contributed by atoms with Gasteiger partial charge in [0.15, 0.2) is 5.82 Å². The number of halogens is 1. The molecule has 3 rings (SSSR count). The summed E-state index contributed by atoms with van der Waals surface area (Å²) in [6, 6.07) is 9.40. The maximum Gasteiger partial charge on any atom is 0.238 e. The summed E-state index contributed by atoms with van der Waals surface area (Å²) in [6.07, 6.45) is 1.77. The van der Waals surface area contributed by atoms with Crippen LogP contribution in [0.15, 0.2) is 30.3 Å². The molecular weight excluding hydrogens is 326 g/mol. The second kappa shape index (κ2) is 7.15. The fourth-order valence-corrected chi connectivity index (χ4v) is 3.09. The number of amides is 1. The number of carbonyl (C=O) groups is 1. The highest BCUT2D eigenvalue weighted by Gasteiger charge is 2.26. The molecule has 1 saturated heterocycles. The normalized spacial score (nSPS) is 17.6. The summed E-state index contributed by atoms with van der Waals surface area (Å²) in [4.78, 5) is 23.1. The maximum absolute atomic E-state index is 11.8. The highest BCUT2D eigenvalue weighted by Crippen LogP contribution is 2.25. The van der Waals surface area contributed by atoms with Crippen LogP contribution in [0.1, 0.15) is 18.5 Å². The Morgan fingerprint density at radius 1 is 1.33 bits per heavy atom. The van der Waals surface area contributed by atoms with Gasteiger partial charge in [0.1, 0.15) is 5.82 Å². The van der Waals surface area contributed by atoms with E-state index in [1.165, 1.54) is 0 Å². The number of aryl methyl sites for hydroxylation is 1.